The van der Waals surface area contributed by atoms with Gasteiger partial charge in [-0.2, -0.15) is 0 Å². The van der Waals surface area contributed by atoms with Gasteiger partial charge in [0.25, 0.3) is 0 Å². The average Bonchev–Trinajstić information content (AvgIpc) is 2.60. The van der Waals surface area contributed by atoms with Crippen molar-refractivity contribution in [3.05, 3.63) is 0 Å². The van der Waals surface area contributed by atoms with E-state index in [-0.39, 0.29) is 47.7 Å². The fourth-order valence-corrected chi connectivity index (χ4v) is 3.17. The monoisotopic (exact) mass is 434 g/mol. The Bertz CT molecular complexity index is 468. The van der Waals surface area contributed by atoms with E-state index in [0.717, 1.165) is 32.1 Å². The highest BCUT2D eigenvalue weighted by molar-refractivity contribution is 7.80. The quantitative estimate of drug-likeness (QED) is 0.267. The molecule has 0 aliphatic heterocycles. The number of ether oxygens (including phenoxy) is 2. The van der Waals surface area contributed by atoms with Crippen LogP contribution in [0.5, 0.6) is 0 Å². The second-order valence-electron chi connectivity index (χ2n) is 8.57. The van der Waals surface area contributed by atoms with E-state index < -0.39 is 12.1 Å². The lowest BCUT2D eigenvalue weighted by molar-refractivity contribution is -0.158. The zero-order valence-corrected chi connectivity index (χ0v) is 19.8. The first kappa shape index (κ1) is 28.2. The van der Waals surface area contributed by atoms with Gasteiger partial charge in [-0.15, -0.1) is 0 Å². The van der Waals surface area contributed by atoms with Gasteiger partial charge in [-0.05, 0) is 90.3 Å². The summed E-state index contributed by atoms with van der Waals surface area (Å²) < 4.78 is 10.9. The van der Waals surface area contributed by atoms with Crippen LogP contribution in [0.4, 0.5) is 0 Å². The van der Waals surface area contributed by atoms with Gasteiger partial charge in [-0.25, -0.2) is 4.79 Å². The standard InChI is InChI=1S/C22H42O6S/c1-14(18(5)23)9-7-11-16(3)27-21(29)13-20(25)22(26)28-17(4)12-8-10-15(2)19(6)24/h14-20,23-25H,7-13H2,1-6H3. The van der Waals surface area contributed by atoms with Crippen LogP contribution in [0.2, 0.25) is 0 Å². The second kappa shape index (κ2) is 15.1. The maximum absolute atomic E-state index is 12.0. The minimum Gasteiger partial charge on any atom is -0.484 e. The van der Waals surface area contributed by atoms with E-state index in [1.165, 1.54) is 0 Å². The van der Waals surface area contributed by atoms with Crippen molar-refractivity contribution in [3.63, 3.8) is 0 Å². The summed E-state index contributed by atoms with van der Waals surface area (Å²) in [6.07, 6.45) is 2.50. The molecule has 0 saturated carbocycles. The smallest absolute Gasteiger partial charge is 0.335 e. The Morgan fingerprint density at radius 2 is 1.17 bits per heavy atom. The lowest BCUT2D eigenvalue weighted by Crippen LogP contribution is -2.30. The maximum Gasteiger partial charge on any atom is 0.335 e. The van der Waals surface area contributed by atoms with E-state index in [9.17, 15) is 20.1 Å². The topological polar surface area (TPSA) is 96.2 Å². The molecule has 7 heteroatoms. The third kappa shape index (κ3) is 14.0. The molecule has 0 rings (SSSR count). The Morgan fingerprint density at radius 3 is 1.59 bits per heavy atom. The summed E-state index contributed by atoms with van der Waals surface area (Å²) in [6.45, 7) is 11.3. The number of hydrogen-bond acceptors (Lipinski definition) is 7. The van der Waals surface area contributed by atoms with Gasteiger partial charge < -0.3 is 24.8 Å². The van der Waals surface area contributed by atoms with Gasteiger partial charge >= 0.3 is 5.97 Å². The van der Waals surface area contributed by atoms with Crippen LogP contribution in [0, 0.1) is 11.8 Å². The maximum atomic E-state index is 12.0. The van der Waals surface area contributed by atoms with Gasteiger partial charge in [-0.1, -0.05) is 13.8 Å². The van der Waals surface area contributed by atoms with Crippen molar-refractivity contribution in [1.29, 1.82) is 0 Å². The predicted molar refractivity (Wildman–Crippen MR) is 119 cm³/mol. The van der Waals surface area contributed by atoms with Crippen LogP contribution in [-0.4, -0.2) is 56.9 Å². The van der Waals surface area contributed by atoms with Crippen LogP contribution in [0.25, 0.3) is 0 Å². The first-order valence-electron chi connectivity index (χ1n) is 10.9. The number of aliphatic hydroxyl groups excluding tert-OH is 3. The molecule has 0 radical (unpaired) electrons. The van der Waals surface area contributed by atoms with Crippen molar-refractivity contribution in [2.45, 2.75) is 117 Å². The van der Waals surface area contributed by atoms with E-state index in [2.05, 4.69) is 0 Å². The highest BCUT2D eigenvalue weighted by Crippen LogP contribution is 2.16. The number of aliphatic hydroxyl groups is 3. The number of esters is 1. The number of carbonyl (C=O) groups is 1. The fraction of sp³-hybridized carbons (Fsp3) is 0.909. The fourth-order valence-electron chi connectivity index (χ4n) is 2.85. The van der Waals surface area contributed by atoms with Crippen LogP contribution in [0.15, 0.2) is 0 Å². The van der Waals surface area contributed by atoms with Crippen LogP contribution in [0.3, 0.4) is 0 Å². The molecule has 0 aromatic heterocycles. The predicted octanol–water partition coefficient (Wildman–Crippen LogP) is 3.78. The molecule has 172 valence electrons. The Hall–Kier alpha value is -0.760. The summed E-state index contributed by atoms with van der Waals surface area (Å²) in [5.41, 5.74) is 0. The van der Waals surface area contributed by atoms with Gasteiger partial charge in [0, 0.05) is 0 Å². The zero-order valence-electron chi connectivity index (χ0n) is 19.0. The van der Waals surface area contributed by atoms with Crippen molar-refractivity contribution >= 4 is 23.2 Å². The van der Waals surface area contributed by atoms with Crippen molar-refractivity contribution < 1.29 is 29.6 Å². The lowest BCUT2D eigenvalue weighted by atomic mass is 9.98. The number of hydrogen-bond donors (Lipinski definition) is 3. The normalized spacial score (nSPS) is 18.8. The van der Waals surface area contributed by atoms with E-state index in [4.69, 9.17) is 21.7 Å². The minimum absolute atomic E-state index is 0.0611. The van der Waals surface area contributed by atoms with Crippen molar-refractivity contribution in [3.8, 4) is 0 Å². The number of carbonyl (C=O) groups excluding carboxylic acids is 1. The Kier molecular flexibility index (Phi) is 14.7. The molecule has 0 aliphatic carbocycles. The van der Waals surface area contributed by atoms with Gasteiger partial charge in [0.2, 0.25) is 0 Å². The molecular formula is C22H42O6S. The van der Waals surface area contributed by atoms with E-state index in [0.29, 0.717) is 6.42 Å². The molecular weight excluding hydrogens is 392 g/mol. The van der Waals surface area contributed by atoms with E-state index in [1.54, 1.807) is 20.8 Å². The minimum atomic E-state index is -1.33. The van der Waals surface area contributed by atoms with Gasteiger partial charge in [0.05, 0.1) is 30.8 Å². The average molecular weight is 435 g/mol. The highest BCUT2D eigenvalue weighted by Gasteiger charge is 2.22. The Balaban J connectivity index is 4.09. The molecule has 0 fully saturated rings. The van der Waals surface area contributed by atoms with E-state index >= 15 is 0 Å². The molecule has 7 atom stereocenters. The summed E-state index contributed by atoms with van der Waals surface area (Å²) in [5, 5.41) is 29.2. The first-order valence-corrected chi connectivity index (χ1v) is 11.3. The molecule has 6 nitrogen and oxygen atoms in total. The molecule has 0 aromatic carbocycles. The van der Waals surface area contributed by atoms with Crippen molar-refractivity contribution in [1.82, 2.24) is 0 Å². The molecule has 3 N–H and O–H groups in total. The lowest BCUT2D eigenvalue weighted by Gasteiger charge is -2.20. The molecule has 0 spiro atoms. The molecule has 0 aromatic rings. The summed E-state index contributed by atoms with van der Waals surface area (Å²) in [7, 11) is 0. The SMILES string of the molecule is CC(CCCC(C)C(C)O)OC(=O)C(O)CC(=S)OC(C)CCCC(C)C(C)O. The van der Waals surface area contributed by atoms with Crippen molar-refractivity contribution in [2.75, 3.05) is 0 Å². The molecule has 0 aliphatic rings. The zero-order chi connectivity index (χ0) is 22.6. The summed E-state index contributed by atoms with van der Waals surface area (Å²) in [6, 6.07) is 0. The third-order valence-electron chi connectivity index (χ3n) is 5.47. The number of rotatable bonds is 15. The van der Waals surface area contributed by atoms with Crippen LogP contribution in [0.1, 0.15) is 86.5 Å². The molecule has 0 heterocycles. The second-order valence-corrected chi connectivity index (χ2v) is 9.02. The molecule has 7 unspecified atom stereocenters. The summed E-state index contributed by atoms with van der Waals surface area (Å²) >= 11 is 5.15. The Labute approximate surface area is 182 Å². The molecule has 0 saturated heterocycles. The molecule has 29 heavy (non-hydrogen) atoms. The van der Waals surface area contributed by atoms with Crippen LogP contribution >= 0.6 is 12.2 Å². The third-order valence-corrected chi connectivity index (χ3v) is 5.73. The van der Waals surface area contributed by atoms with Gasteiger partial charge in [0.1, 0.15) is 0 Å². The number of thiocarbonyl (C=S) groups is 1. The summed E-state index contributed by atoms with van der Waals surface area (Å²) in [4.78, 5) is 12.0. The molecule has 0 amide bonds. The highest BCUT2D eigenvalue weighted by atomic mass is 32.1. The van der Waals surface area contributed by atoms with E-state index in [1.807, 2.05) is 20.8 Å². The Morgan fingerprint density at radius 1 is 0.759 bits per heavy atom. The largest absolute Gasteiger partial charge is 0.484 e. The molecule has 0 bridgehead atoms. The van der Waals surface area contributed by atoms with Gasteiger partial charge in [-0.3, -0.25) is 0 Å². The van der Waals surface area contributed by atoms with Crippen LogP contribution in [-0.2, 0) is 14.3 Å². The first-order chi connectivity index (χ1) is 13.4. The van der Waals surface area contributed by atoms with Crippen molar-refractivity contribution in [2.24, 2.45) is 11.8 Å². The van der Waals surface area contributed by atoms with Crippen LogP contribution < -0.4 is 0 Å². The summed E-state index contributed by atoms with van der Waals surface area (Å²) in [5.74, 6) is -0.247. The van der Waals surface area contributed by atoms with Gasteiger partial charge in [0.15, 0.2) is 11.2 Å².